The molecule has 0 unspecified atom stereocenters. The number of nitrogens with one attached hydrogen (secondary N) is 1. The largest absolute Gasteiger partial charge is 0.365 e. The van der Waals surface area contributed by atoms with Crippen molar-refractivity contribution in [3.8, 4) is 0 Å². The van der Waals surface area contributed by atoms with Gasteiger partial charge in [-0.15, -0.1) is 0 Å². The van der Waals surface area contributed by atoms with E-state index >= 15 is 0 Å². The van der Waals surface area contributed by atoms with Gasteiger partial charge < -0.3 is 10.3 Å². The van der Waals surface area contributed by atoms with Crippen LogP contribution in [-0.2, 0) is 13.5 Å². The van der Waals surface area contributed by atoms with Gasteiger partial charge in [0.15, 0.2) is 5.82 Å². The molecule has 8 heteroatoms. The highest BCUT2D eigenvalue weighted by Gasteiger charge is 2.19. The first kappa shape index (κ1) is 19.2. The number of benzene rings is 2. The number of H-pyrrole nitrogens is 1. The summed E-state index contributed by atoms with van der Waals surface area (Å²) in [6.45, 7) is 0. The number of hydrogen-bond donors (Lipinski definition) is 2. The Morgan fingerprint density at radius 2 is 2.03 bits per heavy atom. The SMILES string of the molecule is Cn1c(Cl)c(C=Nc2n[nH]c(Cc3cccc(Cl)c3)c2C(N)=O)c2ccccc21. The number of amides is 1. The van der Waals surface area contributed by atoms with E-state index in [0.29, 0.717) is 22.3 Å². The predicted octanol–water partition coefficient (Wildman–Crippen LogP) is 4.65. The van der Waals surface area contributed by atoms with Gasteiger partial charge in [0.05, 0.1) is 5.69 Å². The summed E-state index contributed by atoms with van der Waals surface area (Å²) < 4.78 is 1.88. The average Bonchev–Trinajstić information content (AvgIpc) is 3.20. The van der Waals surface area contributed by atoms with Gasteiger partial charge in [-0.2, -0.15) is 5.10 Å². The molecule has 2 aromatic heterocycles. The van der Waals surface area contributed by atoms with Crippen LogP contribution in [0.4, 0.5) is 5.82 Å². The highest BCUT2D eigenvalue weighted by atomic mass is 35.5. The Labute approximate surface area is 177 Å². The van der Waals surface area contributed by atoms with Crippen LogP contribution in [0.3, 0.4) is 0 Å². The number of aryl methyl sites for hydroxylation is 1. The normalized spacial score (nSPS) is 11.6. The second-order valence-corrected chi connectivity index (χ2v) is 7.41. The highest BCUT2D eigenvalue weighted by Crippen LogP contribution is 2.29. The van der Waals surface area contributed by atoms with Crippen LogP contribution in [0, 0.1) is 0 Å². The van der Waals surface area contributed by atoms with Crippen LogP contribution < -0.4 is 5.73 Å². The molecule has 2 aromatic carbocycles. The van der Waals surface area contributed by atoms with Gasteiger partial charge in [-0.3, -0.25) is 9.89 Å². The van der Waals surface area contributed by atoms with Crippen molar-refractivity contribution >= 4 is 52.0 Å². The Balaban J connectivity index is 1.72. The minimum Gasteiger partial charge on any atom is -0.365 e. The molecule has 2 heterocycles. The summed E-state index contributed by atoms with van der Waals surface area (Å²) in [7, 11) is 1.88. The zero-order valence-electron chi connectivity index (χ0n) is 15.5. The van der Waals surface area contributed by atoms with Crippen molar-refractivity contribution in [2.75, 3.05) is 0 Å². The molecule has 0 spiro atoms. The molecule has 3 N–H and O–H groups in total. The summed E-state index contributed by atoms with van der Waals surface area (Å²) in [5.41, 5.74) is 9.10. The Morgan fingerprint density at radius 3 is 2.79 bits per heavy atom. The highest BCUT2D eigenvalue weighted by molar-refractivity contribution is 6.34. The smallest absolute Gasteiger partial charge is 0.254 e. The number of carbonyl (C=O) groups excluding carboxylic acids is 1. The van der Waals surface area contributed by atoms with E-state index in [4.69, 9.17) is 28.9 Å². The number of para-hydroxylation sites is 1. The van der Waals surface area contributed by atoms with Gasteiger partial charge in [-0.1, -0.05) is 53.5 Å². The van der Waals surface area contributed by atoms with Crippen LogP contribution in [0.5, 0.6) is 0 Å². The lowest BCUT2D eigenvalue weighted by molar-refractivity contribution is 0.100. The van der Waals surface area contributed by atoms with E-state index < -0.39 is 5.91 Å². The van der Waals surface area contributed by atoms with E-state index in [2.05, 4.69) is 15.2 Å². The summed E-state index contributed by atoms with van der Waals surface area (Å²) >= 11 is 12.5. The second kappa shape index (κ2) is 7.73. The summed E-state index contributed by atoms with van der Waals surface area (Å²) in [6.07, 6.45) is 2.03. The minimum atomic E-state index is -0.605. The molecule has 0 aliphatic heterocycles. The minimum absolute atomic E-state index is 0.221. The van der Waals surface area contributed by atoms with Crippen molar-refractivity contribution in [3.63, 3.8) is 0 Å². The number of fused-ring (bicyclic) bond motifs is 1. The van der Waals surface area contributed by atoms with Crippen LogP contribution in [0.25, 0.3) is 10.9 Å². The van der Waals surface area contributed by atoms with Gasteiger partial charge in [0.2, 0.25) is 0 Å². The van der Waals surface area contributed by atoms with Crippen LogP contribution in [-0.4, -0.2) is 26.9 Å². The van der Waals surface area contributed by atoms with E-state index in [1.54, 1.807) is 12.3 Å². The number of hydrogen-bond acceptors (Lipinski definition) is 3. The molecule has 0 atom stereocenters. The molecule has 0 fully saturated rings. The maximum atomic E-state index is 12.1. The van der Waals surface area contributed by atoms with Gasteiger partial charge in [0.25, 0.3) is 5.91 Å². The van der Waals surface area contributed by atoms with Crippen LogP contribution in [0.2, 0.25) is 10.2 Å². The van der Waals surface area contributed by atoms with E-state index in [0.717, 1.165) is 22.0 Å². The lowest BCUT2D eigenvalue weighted by Crippen LogP contribution is -2.13. The zero-order valence-corrected chi connectivity index (χ0v) is 17.0. The monoisotopic (exact) mass is 425 g/mol. The molecule has 0 saturated heterocycles. The first-order valence-electron chi connectivity index (χ1n) is 8.84. The summed E-state index contributed by atoms with van der Waals surface area (Å²) in [5, 5.41) is 9.17. The van der Waals surface area contributed by atoms with Crippen molar-refractivity contribution in [2.24, 2.45) is 17.8 Å². The molecule has 146 valence electrons. The molecule has 0 aliphatic carbocycles. The standard InChI is InChI=1S/C21H17Cl2N5O/c1-28-17-8-3-2-7-14(17)15(19(28)23)11-25-21-18(20(24)29)16(26-27-21)10-12-5-4-6-13(22)9-12/h2-9,11H,10H2,1H3,(H2,24,29)(H,26,27). The van der Waals surface area contributed by atoms with Crippen molar-refractivity contribution in [3.05, 3.63) is 81.1 Å². The van der Waals surface area contributed by atoms with Gasteiger partial charge in [0.1, 0.15) is 10.7 Å². The topological polar surface area (TPSA) is 89.1 Å². The fraction of sp³-hybridized carbons (Fsp3) is 0.0952. The van der Waals surface area contributed by atoms with E-state index in [9.17, 15) is 4.79 Å². The zero-order chi connectivity index (χ0) is 20.5. The van der Waals surface area contributed by atoms with Crippen LogP contribution in [0.15, 0.2) is 53.5 Å². The van der Waals surface area contributed by atoms with E-state index in [1.165, 1.54) is 0 Å². The lowest BCUT2D eigenvalue weighted by Gasteiger charge is -2.02. The molecular weight excluding hydrogens is 409 g/mol. The second-order valence-electron chi connectivity index (χ2n) is 6.61. The third-order valence-corrected chi connectivity index (χ3v) is 5.42. The number of rotatable bonds is 5. The number of carbonyl (C=O) groups is 1. The molecule has 0 aliphatic rings. The van der Waals surface area contributed by atoms with Gasteiger partial charge in [-0.05, 0) is 23.8 Å². The van der Waals surface area contributed by atoms with Crippen molar-refractivity contribution in [1.82, 2.24) is 14.8 Å². The van der Waals surface area contributed by atoms with Gasteiger partial charge in [0, 0.05) is 41.2 Å². The maximum Gasteiger partial charge on any atom is 0.254 e. The molecule has 1 amide bonds. The average molecular weight is 426 g/mol. The molecule has 6 nitrogen and oxygen atoms in total. The first-order chi connectivity index (χ1) is 14.0. The van der Waals surface area contributed by atoms with E-state index in [1.807, 2.05) is 54.1 Å². The number of nitrogens with zero attached hydrogens (tertiary/aromatic N) is 3. The van der Waals surface area contributed by atoms with Gasteiger partial charge >= 0.3 is 0 Å². The molecular formula is C21H17Cl2N5O. The van der Waals surface area contributed by atoms with Crippen molar-refractivity contribution < 1.29 is 4.79 Å². The Kier molecular flexibility index (Phi) is 5.13. The van der Waals surface area contributed by atoms with Crippen LogP contribution in [0.1, 0.15) is 27.2 Å². The van der Waals surface area contributed by atoms with Crippen LogP contribution >= 0.6 is 23.2 Å². The number of nitrogens with two attached hydrogens (primary N) is 1. The quantitative estimate of drug-likeness (QED) is 0.455. The number of aliphatic imine (C=N–C) groups is 1. The Hall–Kier alpha value is -3.09. The molecule has 0 bridgehead atoms. The van der Waals surface area contributed by atoms with E-state index in [-0.39, 0.29) is 11.4 Å². The summed E-state index contributed by atoms with van der Waals surface area (Å²) in [5.74, 6) is -0.384. The summed E-state index contributed by atoms with van der Waals surface area (Å²) in [4.78, 5) is 16.5. The first-order valence-corrected chi connectivity index (χ1v) is 9.59. The third kappa shape index (κ3) is 3.64. The Bertz CT molecular complexity index is 1260. The fourth-order valence-corrected chi connectivity index (χ4v) is 3.79. The lowest BCUT2D eigenvalue weighted by atomic mass is 10.1. The molecule has 29 heavy (non-hydrogen) atoms. The van der Waals surface area contributed by atoms with Crippen molar-refractivity contribution in [1.29, 1.82) is 0 Å². The maximum absolute atomic E-state index is 12.1. The number of aromatic amines is 1. The third-order valence-electron chi connectivity index (χ3n) is 4.73. The molecule has 4 aromatic rings. The predicted molar refractivity (Wildman–Crippen MR) is 117 cm³/mol. The molecule has 4 rings (SSSR count). The fourth-order valence-electron chi connectivity index (χ4n) is 3.34. The number of halogens is 2. The summed E-state index contributed by atoms with van der Waals surface area (Å²) in [6, 6.07) is 15.2. The number of primary amides is 1. The Morgan fingerprint density at radius 1 is 1.24 bits per heavy atom. The van der Waals surface area contributed by atoms with Crippen molar-refractivity contribution in [2.45, 2.75) is 6.42 Å². The molecule has 0 saturated carbocycles. The number of aromatic nitrogens is 3. The van der Waals surface area contributed by atoms with Gasteiger partial charge in [-0.25, -0.2) is 4.99 Å². The molecule has 0 radical (unpaired) electrons.